The van der Waals surface area contributed by atoms with Crippen LogP contribution in [0.1, 0.15) is 11.1 Å². The Bertz CT molecular complexity index is 852. The number of anilines is 2. The number of nitro benzene ring substituents is 1. The van der Waals surface area contributed by atoms with Gasteiger partial charge in [0.1, 0.15) is 5.75 Å². The van der Waals surface area contributed by atoms with Crippen molar-refractivity contribution < 1.29 is 27.6 Å². The summed E-state index contributed by atoms with van der Waals surface area (Å²) >= 11 is 0. The average Bonchev–Trinajstić information content (AvgIpc) is 2.54. The second-order valence-electron chi connectivity index (χ2n) is 5.68. The molecule has 0 bridgehead atoms. The summed E-state index contributed by atoms with van der Waals surface area (Å²) in [5, 5.41) is 16.3. The second kappa shape index (κ2) is 7.94. The van der Waals surface area contributed by atoms with Crippen LogP contribution in [-0.4, -0.2) is 23.7 Å². The van der Waals surface area contributed by atoms with Gasteiger partial charge in [0.2, 0.25) is 5.91 Å². The highest BCUT2D eigenvalue weighted by atomic mass is 19.4. The molecular weight excluding hydrogens is 367 g/mol. The summed E-state index contributed by atoms with van der Waals surface area (Å²) in [6, 6.07) is 7.66. The second-order valence-corrected chi connectivity index (χ2v) is 5.68. The molecule has 0 heterocycles. The van der Waals surface area contributed by atoms with Crippen LogP contribution in [0, 0.1) is 24.0 Å². The molecule has 0 radical (unpaired) electrons. The molecule has 144 valence electrons. The van der Waals surface area contributed by atoms with Gasteiger partial charge in [0.25, 0.3) is 5.69 Å². The molecule has 2 N–H and O–H groups in total. The van der Waals surface area contributed by atoms with E-state index in [9.17, 15) is 28.1 Å². The molecule has 2 aromatic carbocycles. The van der Waals surface area contributed by atoms with E-state index in [0.717, 1.165) is 17.7 Å². The van der Waals surface area contributed by atoms with Gasteiger partial charge >= 0.3 is 6.36 Å². The van der Waals surface area contributed by atoms with Crippen molar-refractivity contribution in [2.45, 2.75) is 20.2 Å². The van der Waals surface area contributed by atoms with E-state index in [1.807, 2.05) is 0 Å². The molecule has 0 fully saturated rings. The lowest BCUT2D eigenvalue weighted by atomic mass is 10.1. The van der Waals surface area contributed by atoms with Crippen molar-refractivity contribution >= 4 is 23.0 Å². The molecule has 0 aromatic heterocycles. The van der Waals surface area contributed by atoms with E-state index in [0.29, 0.717) is 11.3 Å². The fourth-order valence-electron chi connectivity index (χ4n) is 2.35. The van der Waals surface area contributed by atoms with E-state index in [4.69, 9.17) is 0 Å². The lowest BCUT2D eigenvalue weighted by molar-refractivity contribution is -0.385. The van der Waals surface area contributed by atoms with Gasteiger partial charge in [-0.3, -0.25) is 14.9 Å². The highest BCUT2D eigenvalue weighted by molar-refractivity contribution is 5.93. The molecule has 0 aliphatic carbocycles. The molecule has 0 atom stereocenters. The van der Waals surface area contributed by atoms with Gasteiger partial charge in [0, 0.05) is 23.0 Å². The summed E-state index contributed by atoms with van der Waals surface area (Å²) in [5.74, 6) is -0.872. The van der Waals surface area contributed by atoms with Crippen molar-refractivity contribution in [3.63, 3.8) is 0 Å². The third-order valence-corrected chi connectivity index (χ3v) is 3.55. The zero-order valence-electron chi connectivity index (χ0n) is 14.4. The summed E-state index contributed by atoms with van der Waals surface area (Å²) in [5.41, 5.74) is 1.90. The average molecular weight is 383 g/mol. The Balaban J connectivity index is 1.97. The Kier molecular flexibility index (Phi) is 5.88. The molecule has 0 unspecified atom stereocenters. The van der Waals surface area contributed by atoms with E-state index in [1.165, 1.54) is 18.2 Å². The maximum absolute atomic E-state index is 12.1. The number of ether oxygens (including phenoxy) is 1. The fourth-order valence-corrected chi connectivity index (χ4v) is 2.35. The van der Waals surface area contributed by atoms with E-state index < -0.39 is 22.9 Å². The lowest BCUT2D eigenvalue weighted by Gasteiger charge is -2.12. The largest absolute Gasteiger partial charge is 0.573 e. The van der Waals surface area contributed by atoms with Gasteiger partial charge < -0.3 is 15.4 Å². The monoisotopic (exact) mass is 383 g/mol. The molecule has 27 heavy (non-hydrogen) atoms. The molecule has 0 spiro atoms. The van der Waals surface area contributed by atoms with Gasteiger partial charge in [-0.05, 0) is 49.7 Å². The molecule has 2 aromatic rings. The van der Waals surface area contributed by atoms with Crippen molar-refractivity contribution in [1.29, 1.82) is 0 Å². The summed E-state index contributed by atoms with van der Waals surface area (Å²) in [4.78, 5) is 22.5. The number of hydrogen-bond donors (Lipinski definition) is 2. The number of nitro groups is 1. The first kappa shape index (κ1) is 20.0. The number of aryl methyl sites for hydroxylation is 2. The highest BCUT2D eigenvalue weighted by Crippen LogP contribution is 2.26. The van der Waals surface area contributed by atoms with Crippen LogP contribution in [0.4, 0.5) is 30.2 Å². The first-order chi connectivity index (χ1) is 12.5. The number of alkyl halides is 3. The van der Waals surface area contributed by atoms with E-state index in [-0.39, 0.29) is 17.9 Å². The number of amides is 1. The van der Waals surface area contributed by atoms with E-state index >= 15 is 0 Å². The third kappa shape index (κ3) is 5.87. The van der Waals surface area contributed by atoms with Gasteiger partial charge in [-0.25, -0.2) is 0 Å². The number of nitrogens with zero attached hydrogens (tertiary/aromatic N) is 1. The Morgan fingerprint density at radius 3 is 2.33 bits per heavy atom. The quantitative estimate of drug-likeness (QED) is 0.577. The number of halogens is 3. The number of carbonyl (C=O) groups excluding carboxylic acids is 1. The van der Waals surface area contributed by atoms with Crippen LogP contribution < -0.4 is 15.4 Å². The molecular formula is C17H16F3N3O4. The van der Waals surface area contributed by atoms with Gasteiger partial charge in [0.05, 0.1) is 11.5 Å². The molecule has 0 aliphatic rings. The molecule has 2 rings (SSSR count). The lowest BCUT2D eigenvalue weighted by Crippen LogP contribution is -2.22. The van der Waals surface area contributed by atoms with Crippen LogP contribution in [0.15, 0.2) is 36.4 Å². The van der Waals surface area contributed by atoms with Crippen molar-refractivity contribution in [3.8, 4) is 5.75 Å². The summed E-state index contributed by atoms with van der Waals surface area (Å²) < 4.78 is 40.1. The minimum absolute atomic E-state index is 0.0660. The zero-order chi connectivity index (χ0) is 20.2. The van der Waals surface area contributed by atoms with Crippen molar-refractivity contribution in [3.05, 3.63) is 57.6 Å². The van der Waals surface area contributed by atoms with Crippen LogP contribution >= 0.6 is 0 Å². The fraction of sp³-hybridized carbons (Fsp3) is 0.235. The first-order valence-corrected chi connectivity index (χ1v) is 7.70. The normalized spacial score (nSPS) is 11.0. The topological polar surface area (TPSA) is 93.5 Å². The van der Waals surface area contributed by atoms with Crippen LogP contribution in [-0.2, 0) is 4.79 Å². The Hall–Kier alpha value is -3.30. The van der Waals surface area contributed by atoms with Gasteiger partial charge in [-0.2, -0.15) is 0 Å². The molecule has 0 aliphatic heterocycles. The molecule has 1 amide bonds. The van der Waals surface area contributed by atoms with E-state index in [1.54, 1.807) is 19.9 Å². The van der Waals surface area contributed by atoms with Crippen LogP contribution in [0.5, 0.6) is 5.75 Å². The maximum Gasteiger partial charge on any atom is 0.573 e. The summed E-state index contributed by atoms with van der Waals surface area (Å²) in [6.07, 6.45) is -4.79. The Morgan fingerprint density at radius 1 is 1.15 bits per heavy atom. The summed E-state index contributed by atoms with van der Waals surface area (Å²) in [6.45, 7) is 3.19. The smallest absolute Gasteiger partial charge is 0.406 e. The van der Waals surface area contributed by atoms with Crippen LogP contribution in [0.25, 0.3) is 0 Å². The van der Waals surface area contributed by atoms with Crippen molar-refractivity contribution in [1.82, 2.24) is 0 Å². The van der Waals surface area contributed by atoms with Gasteiger partial charge in [0.15, 0.2) is 0 Å². The first-order valence-electron chi connectivity index (χ1n) is 7.70. The minimum Gasteiger partial charge on any atom is -0.406 e. The summed E-state index contributed by atoms with van der Waals surface area (Å²) in [7, 11) is 0. The van der Waals surface area contributed by atoms with Gasteiger partial charge in [-0.15, -0.1) is 13.2 Å². The minimum atomic E-state index is -4.79. The Morgan fingerprint density at radius 2 is 1.78 bits per heavy atom. The third-order valence-electron chi connectivity index (χ3n) is 3.55. The number of rotatable bonds is 6. The van der Waals surface area contributed by atoms with Crippen LogP contribution in [0.3, 0.4) is 0 Å². The van der Waals surface area contributed by atoms with Crippen molar-refractivity contribution in [2.75, 3.05) is 17.2 Å². The number of nitrogens with one attached hydrogen (secondary N) is 2. The highest BCUT2D eigenvalue weighted by Gasteiger charge is 2.30. The standard InChI is InChI=1S/C17H16F3N3O4/c1-10-7-11(2)15(23(25)26)8-14(10)21-9-16(24)22-12-3-5-13(6-4-12)27-17(18,19)20/h3-8,21H,9H2,1-2H3,(H,22,24). The van der Waals surface area contributed by atoms with Crippen molar-refractivity contribution in [2.24, 2.45) is 0 Å². The number of carbonyl (C=O) groups is 1. The molecule has 7 nitrogen and oxygen atoms in total. The maximum atomic E-state index is 12.1. The molecule has 0 saturated heterocycles. The van der Waals surface area contributed by atoms with E-state index in [2.05, 4.69) is 15.4 Å². The van der Waals surface area contributed by atoms with Crippen LogP contribution in [0.2, 0.25) is 0 Å². The molecule has 10 heteroatoms. The number of benzene rings is 2. The SMILES string of the molecule is Cc1cc(C)c([N+](=O)[O-])cc1NCC(=O)Nc1ccc(OC(F)(F)F)cc1. The zero-order valence-corrected chi connectivity index (χ0v) is 14.4. The number of hydrogen-bond acceptors (Lipinski definition) is 5. The predicted octanol–water partition coefficient (Wildman–Crippen LogP) is 4.16. The Labute approximate surface area is 152 Å². The predicted molar refractivity (Wildman–Crippen MR) is 92.8 cm³/mol. The molecule has 0 saturated carbocycles. The van der Waals surface area contributed by atoms with Gasteiger partial charge in [-0.1, -0.05) is 0 Å².